The van der Waals surface area contributed by atoms with Crippen molar-refractivity contribution in [3.8, 4) is 5.75 Å². The van der Waals surface area contributed by atoms with E-state index in [-0.39, 0.29) is 18.1 Å². The highest BCUT2D eigenvalue weighted by atomic mass is 32.2. The minimum atomic E-state index is -1.05. The van der Waals surface area contributed by atoms with Gasteiger partial charge in [-0.2, -0.15) is 0 Å². The SMILES string of the molecule is CCN=C1N[C@@H]2[C@@H](O)[C@H](O)C3(CC3n3cc(COc4cccc(C(C)O)c4)nn3)O[C@@H]2S1. The van der Waals surface area contributed by atoms with Crippen molar-refractivity contribution in [2.24, 2.45) is 4.99 Å². The van der Waals surface area contributed by atoms with Crippen LogP contribution >= 0.6 is 11.8 Å². The molecule has 2 saturated heterocycles. The molecule has 4 N–H and O–H groups in total. The van der Waals surface area contributed by atoms with Crippen LogP contribution in [-0.4, -0.2) is 71.3 Å². The Morgan fingerprint density at radius 3 is 3.06 bits per heavy atom. The quantitative estimate of drug-likeness (QED) is 0.492. The van der Waals surface area contributed by atoms with Crippen LogP contribution < -0.4 is 10.1 Å². The number of hydrogen-bond donors (Lipinski definition) is 4. The number of aromatic nitrogens is 3. The predicted molar refractivity (Wildman–Crippen MR) is 117 cm³/mol. The first kappa shape index (κ1) is 21.7. The van der Waals surface area contributed by atoms with Gasteiger partial charge in [-0.25, -0.2) is 4.68 Å². The molecule has 1 aromatic carbocycles. The third-order valence-electron chi connectivity index (χ3n) is 6.16. The van der Waals surface area contributed by atoms with Crippen LogP contribution in [0.15, 0.2) is 35.5 Å². The number of benzene rings is 1. The summed E-state index contributed by atoms with van der Waals surface area (Å²) in [6.07, 6.45) is -0.274. The van der Waals surface area contributed by atoms with Crippen LogP contribution in [0.2, 0.25) is 0 Å². The van der Waals surface area contributed by atoms with Gasteiger partial charge in [-0.05, 0) is 31.5 Å². The number of nitrogens with zero attached hydrogens (tertiary/aromatic N) is 4. The molecule has 2 aromatic rings. The molecule has 1 spiro atoms. The van der Waals surface area contributed by atoms with E-state index in [1.807, 2.05) is 25.1 Å². The second kappa shape index (κ2) is 8.31. The highest BCUT2D eigenvalue weighted by molar-refractivity contribution is 8.14. The fourth-order valence-electron chi connectivity index (χ4n) is 4.33. The van der Waals surface area contributed by atoms with E-state index in [1.165, 1.54) is 11.8 Å². The zero-order valence-corrected chi connectivity index (χ0v) is 18.6. The highest BCUT2D eigenvalue weighted by Crippen LogP contribution is 2.58. The number of rotatable bonds is 6. The minimum absolute atomic E-state index is 0.219. The molecule has 10 nitrogen and oxygen atoms in total. The average molecular weight is 462 g/mol. The van der Waals surface area contributed by atoms with E-state index in [0.717, 1.165) is 10.7 Å². The van der Waals surface area contributed by atoms with Crippen LogP contribution in [0.3, 0.4) is 0 Å². The summed E-state index contributed by atoms with van der Waals surface area (Å²) in [6, 6.07) is 6.65. The molecule has 3 unspecified atom stereocenters. The van der Waals surface area contributed by atoms with Crippen molar-refractivity contribution in [1.29, 1.82) is 0 Å². The first-order valence-corrected chi connectivity index (χ1v) is 11.6. The Labute approximate surface area is 189 Å². The van der Waals surface area contributed by atoms with Crippen molar-refractivity contribution < 1.29 is 24.8 Å². The number of hydrogen-bond acceptors (Lipinski definition) is 9. The smallest absolute Gasteiger partial charge is 0.159 e. The van der Waals surface area contributed by atoms with E-state index >= 15 is 0 Å². The van der Waals surface area contributed by atoms with Gasteiger partial charge in [-0.15, -0.1) is 5.10 Å². The lowest BCUT2D eigenvalue weighted by atomic mass is 9.96. The van der Waals surface area contributed by atoms with Crippen molar-refractivity contribution in [1.82, 2.24) is 20.3 Å². The van der Waals surface area contributed by atoms with E-state index < -0.39 is 30.0 Å². The van der Waals surface area contributed by atoms with Gasteiger partial charge >= 0.3 is 0 Å². The molecule has 32 heavy (non-hydrogen) atoms. The number of ether oxygens (including phenoxy) is 2. The second-order valence-electron chi connectivity index (χ2n) is 8.39. The lowest BCUT2D eigenvalue weighted by Gasteiger charge is -2.40. The Hall–Kier alpha value is -2.18. The Morgan fingerprint density at radius 1 is 1.44 bits per heavy atom. The van der Waals surface area contributed by atoms with Crippen molar-refractivity contribution in [3.63, 3.8) is 0 Å². The lowest BCUT2D eigenvalue weighted by molar-refractivity contribution is -0.175. The number of thioether (sulfide) groups is 1. The summed E-state index contributed by atoms with van der Waals surface area (Å²) in [4.78, 5) is 4.36. The zero-order valence-electron chi connectivity index (χ0n) is 17.8. The number of amidine groups is 1. The molecule has 1 saturated carbocycles. The van der Waals surface area contributed by atoms with Crippen LogP contribution in [0.5, 0.6) is 5.75 Å². The first-order chi connectivity index (χ1) is 15.4. The largest absolute Gasteiger partial charge is 0.487 e. The molecule has 11 heteroatoms. The monoisotopic (exact) mass is 461 g/mol. The molecule has 3 heterocycles. The van der Waals surface area contributed by atoms with E-state index in [9.17, 15) is 15.3 Å². The standard InChI is InChI=1S/C21H27N5O5S/c1-3-22-20-23-16-17(28)18(29)21(31-19(16)32-20)8-15(21)26-9-13(24-25-26)10-30-14-6-4-5-12(7-14)11(2)27/h4-7,9,11,15-19,27-29H,3,8,10H2,1-2H3,(H,22,23)/t11?,15?,16-,17-,18+,19-,21?/m1/s1. The molecule has 0 bridgehead atoms. The van der Waals surface area contributed by atoms with Crippen LogP contribution in [0.25, 0.3) is 0 Å². The highest BCUT2D eigenvalue weighted by Gasteiger charge is 2.70. The topological polar surface area (TPSA) is 134 Å². The summed E-state index contributed by atoms with van der Waals surface area (Å²) in [5.74, 6) is 0.636. The third-order valence-corrected chi connectivity index (χ3v) is 7.25. The Balaban J connectivity index is 1.25. The van der Waals surface area contributed by atoms with Crippen LogP contribution in [0, 0.1) is 0 Å². The van der Waals surface area contributed by atoms with Gasteiger partial charge in [-0.1, -0.05) is 29.1 Å². The molecule has 0 radical (unpaired) electrons. The normalized spacial score (nSPS) is 35.5. The summed E-state index contributed by atoms with van der Waals surface area (Å²) < 4.78 is 13.7. The molecular weight excluding hydrogens is 434 g/mol. The Kier molecular flexibility index (Phi) is 5.62. The van der Waals surface area contributed by atoms with Gasteiger partial charge < -0.3 is 30.1 Å². The van der Waals surface area contributed by atoms with Crippen molar-refractivity contribution >= 4 is 16.9 Å². The molecule has 2 aliphatic heterocycles. The fraction of sp³-hybridized carbons (Fsp3) is 0.571. The average Bonchev–Trinajstić information content (AvgIpc) is 3.09. The van der Waals surface area contributed by atoms with Gasteiger partial charge in [0.1, 0.15) is 41.3 Å². The summed E-state index contributed by atoms with van der Waals surface area (Å²) in [5, 5.41) is 43.5. The van der Waals surface area contributed by atoms with Gasteiger partial charge in [0.2, 0.25) is 0 Å². The van der Waals surface area contributed by atoms with Crippen LogP contribution in [-0.2, 0) is 11.3 Å². The maximum absolute atomic E-state index is 10.8. The molecule has 172 valence electrons. The molecule has 0 amide bonds. The molecule has 3 fully saturated rings. The van der Waals surface area contributed by atoms with Crippen molar-refractivity contribution in [2.75, 3.05) is 6.54 Å². The van der Waals surface area contributed by atoms with E-state index in [0.29, 0.717) is 24.4 Å². The van der Waals surface area contributed by atoms with Gasteiger partial charge in [0.25, 0.3) is 0 Å². The van der Waals surface area contributed by atoms with Gasteiger partial charge in [-0.3, -0.25) is 4.99 Å². The van der Waals surface area contributed by atoms with E-state index in [1.54, 1.807) is 23.9 Å². The summed E-state index contributed by atoms with van der Waals surface area (Å²) in [7, 11) is 0. The number of aliphatic hydroxyl groups is 3. The molecule has 3 aliphatic rings. The van der Waals surface area contributed by atoms with E-state index in [4.69, 9.17) is 9.47 Å². The van der Waals surface area contributed by atoms with Gasteiger partial charge in [0.15, 0.2) is 5.17 Å². The van der Waals surface area contributed by atoms with Crippen LogP contribution in [0.1, 0.15) is 43.7 Å². The van der Waals surface area contributed by atoms with Crippen molar-refractivity contribution in [2.45, 2.75) is 68.3 Å². The fourth-order valence-corrected chi connectivity index (χ4v) is 5.56. The van der Waals surface area contributed by atoms with Gasteiger partial charge in [0.05, 0.1) is 24.4 Å². The Morgan fingerprint density at radius 2 is 2.28 bits per heavy atom. The lowest BCUT2D eigenvalue weighted by Crippen LogP contribution is -2.60. The van der Waals surface area contributed by atoms with Crippen molar-refractivity contribution in [3.05, 3.63) is 41.7 Å². The summed E-state index contributed by atoms with van der Waals surface area (Å²) >= 11 is 1.44. The summed E-state index contributed by atoms with van der Waals surface area (Å²) in [6.45, 7) is 4.50. The van der Waals surface area contributed by atoms with E-state index in [2.05, 4.69) is 20.6 Å². The molecule has 7 atom stereocenters. The maximum Gasteiger partial charge on any atom is 0.159 e. The third kappa shape index (κ3) is 3.77. The second-order valence-corrected chi connectivity index (χ2v) is 9.48. The number of aliphatic hydroxyl groups excluding tert-OH is 3. The first-order valence-electron chi connectivity index (χ1n) is 10.7. The minimum Gasteiger partial charge on any atom is -0.487 e. The summed E-state index contributed by atoms with van der Waals surface area (Å²) in [5.41, 5.74) is 0.190. The number of fused-ring (bicyclic) bond motifs is 1. The van der Waals surface area contributed by atoms with Gasteiger partial charge in [0, 0.05) is 13.0 Å². The molecular formula is C21H27N5O5S. The van der Waals surface area contributed by atoms with Crippen LogP contribution in [0.4, 0.5) is 0 Å². The maximum atomic E-state index is 10.8. The Bertz CT molecular complexity index is 1020. The molecule has 1 aromatic heterocycles. The number of nitrogens with one attached hydrogen (secondary N) is 1. The zero-order chi connectivity index (χ0) is 22.5. The molecule has 1 aliphatic carbocycles. The number of aliphatic imine (C=N–C) groups is 1. The predicted octanol–water partition coefficient (Wildman–Crippen LogP) is 0.753. The molecule has 5 rings (SSSR count).